The van der Waals surface area contributed by atoms with Crippen LogP contribution in [0.4, 0.5) is 0 Å². The van der Waals surface area contributed by atoms with E-state index >= 15 is 0 Å². The molecular weight excluding hydrogens is 257 g/mol. The quantitative estimate of drug-likeness (QED) is 0.511. The SMILES string of the molecule is Bc1cccc2c1n(C)c(=O)n2C1CCC(=O)NC1=O. The minimum absolute atomic E-state index is 0.233. The molecule has 1 aromatic carbocycles. The number of carbonyl (C=O) groups excluding carboxylic acids is 2. The summed E-state index contributed by atoms with van der Waals surface area (Å²) in [6.45, 7) is 0. The monoisotopic (exact) mass is 271 g/mol. The second-order valence-electron chi connectivity index (χ2n) is 5.12. The number of nitrogens with zero attached hydrogens (tertiary/aromatic N) is 2. The van der Waals surface area contributed by atoms with Gasteiger partial charge in [0.15, 0.2) is 0 Å². The molecule has 102 valence electrons. The summed E-state index contributed by atoms with van der Waals surface area (Å²) in [5.41, 5.74) is 2.30. The molecule has 6 nitrogen and oxygen atoms in total. The maximum atomic E-state index is 12.4. The Labute approximate surface area is 115 Å². The topological polar surface area (TPSA) is 73.1 Å². The van der Waals surface area contributed by atoms with Crippen LogP contribution in [0.15, 0.2) is 23.0 Å². The minimum atomic E-state index is -0.620. The van der Waals surface area contributed by atoms with Crippen LogP contribution in [0, 0.1) is 0 Å². The largest absolute Gasteiger partial charge is 0.329 e. The van der Waals surface area contributed by atoms with Crippen LogP contribution in [-0.4, -0.2) is 28.8 Å². The van der Waals surface area contributed by atoms with Crippen LogP contribution in [-0.2, 0) is 16.6 Å². The van der Waals surface area contributed by atoms with Gasteiger partial charge in [-0.2, -0.15) is 0 Å². The molecule has 1 atom stereocenters. The fourth-order valence-electron chi connectivity index (χ4n) is 2.86. The van der Waals surface area contributed by atoms with E-state index in [2.05, 4.69) is 5.32 Å². The van der Waals surface area contributed by atoms with Crippen molar-refractivity contribution in [1.82, 2.24) is 14.5 Å². The second-order valence-corrected chi connectivity index (χ2v) is 5.12. The van der Waals surface area contributed by atoms with Crippen molar-refractivity contribution in [3.8, 4) is 0 Å². The Morgan fingerprint density at radius 3 is 2.75 bits per heavy atom. The van der Waals surface area contributed by atoms with Crippen molar-refractivity contribution in [2.24, 2.45) is 7.05 Å². The first-order valence-electron chi connectivity index (χ1n) is 6.51. The number of nitrogens with one attached hydrogen (secondary N) is 1. The molecule has 0 saturated carbocycles. The zero-order valence-electron chi connectivity index (χ0n) is 11.3. The van der Waals surface area contributed by atoms with E-state index in [1.807, 2.05) is 26.0 Å². The second kappa shape index (κ2) is 4.36. The highest BCUT2D eigenvalue weighted by Gasteiger charge is 2.31. The molecule has 2 aromatic rings. The lowest BCUT2D eigenvalue weighted by molar-refractivity contribution is -0.135. The molecule has 0 spiro atoms. The lowest BCUT2D eigenvalue weighted by Crippen LogP contribution is -2.44. The number of fused-ring (bicyclic) bond motifs is 1. The molecule has 1 saturated heterocycles. The van der Waals surface area contributed by atoms with Crippen molar-refractivity contribution >= 4 is 36.2 Å². The Balaban J connectivity index is 2.25. The summed E-state index contributed by atoms with van der Waals surface area (Å²) in [4.78, 5) is 35.7. The summed E-state index contributed by atoms with van der Waals surface area (Å²) in [6, 6.07) is 4.99. The van der Waals surface area contributed by atoms with E-state index in [1.54, 1.807) is 11.6 Å². The summed E-state index contributed by atoms with van der Waals surface area (Å²) in [6.07, 6.45) is 0.614. The molecule has 3 rings (SSSR count). The average Bonchev–Trinajstić information content (AvgIpc) is 2.64. The number of benzene rings is 1. The summed E-state index contributed by atoms with van der Waals surface area (Å²) in [5.74, 6) is -0.687. The highest BCUT2D eigenvalue weighted by molar-refractivity contribution is 6.38. The average molecular weight is 271 g/mol. The Bertz CT molecular complexity index is 790. The molecule has 0 aliphatic carbocycles. The number of hydrogen-bond acceptors (Lipinski definition) is 3. The number of amides is 2. The number of piperidine rings is 1. The van der Waals surface area contributed by atoms with E-state index in [4.69, 9.17) is 0 Å². The third-order valence-electron chi connectivity index (χ3n) is 3.83. The summed E-state index contributed by atoms with van der Waals surface area (Å²) >= 11 is 0. The smallest absolute Gasteiger partial charge is 0.296 e. The molecule has 0 radical (unpaired) electrons. The number of aryl methyl sites for hydroxylation is 1. The minimum Gasteiger partial charge on any atom is -0.296 e. The Hall–Kier alpha value is -2.31. The first kappa shape index (κ1) is 12.7. The molecule has 7 heteroatoms. The number of para-hydroxylation sites is 1. The fraction of sp³-hybridized carbons (Fsp3) is 0.308. The van der Waals surface area contributed by atoms with Crippen LogP contribution in [0.25, 0.3) is 11.0 Å². The van der Waals surface area contributed by atoms with Crippen molar-refractivity contribution in [2.45, 2.75) is 18.9 Å². The van der Waals surface area contributed by atoms with E-state index in [1.165, 1.54) is 4.57 Å². The summed E-state index contributed by atoms with van der Waals surface area (Å²) in [5, 5.41) is 2.30. The molecule has 0 bridgehead atoms. The van der Waals surface area contributed by atoms with Gasteiger partial charge in [0, 0.05) is 13.5 Å². The summed E-state index contributed by atoms with van der Waals surface area (Å²) in [7, 11) is 3.62. The van der Waals surface area contributed by atoms with Gasteiger partial charge < -0.3 is 0 Å². The van der Waals surface area contributed by atoms with E-state index in [-0.39, 0.29) is 18.0 Å². The van der Waals surface area contributed by atoms with Crippen LogP contribution >= 0.6 is 0 Å². The van der Waals surface area contributed by atoms with Gasteiger partial charge in [-0.1, -0.05) is 17.6 Å². The predicted molar refractivity (Wildman–Crippen MR) is 76.8 cm³/mol. The molecule has 1 N–H and O–H groups in total. The molecule has 1 aliphatic rings. The van der Waals surface area contributed by atoms with Gasteiger partial charge in [0.25, 0.3) is 0 Å². The molecule has 2 amide bonds. The molecular formula is C13H14BN3O3. The molecule has 1 aliphatic heterocycles. The first-order valence-corrected chi connectivity index (χ1v) is 6.51. The highest BCUT2D eigenvalue weighted by atomic mass is 16.2. The number of imidazole rings is 1. The zero-order chi connectivity index (χ0) is 14.4. The van der Waals surface area contributed by atoms with Gasteiger partial charge in [0.05, 0.1) is 11.0 Å². The third kappa shape index (κ3) is 1.70. The lowest BCUT2D eigenvalue weighted by atomic mass is 9.94. The van der Waals surface area contributed by atoms with Crippen molar-refractivity contribution in [2.75, 3.05) is 0 Å². The fourth-order valence-corrected chi connectivity index (χ4v) is 2.86. The maximum absolute atomic E-state index is 12.4. The van der Waals surface area contributed by atoms with E-state index < -0.39 is 11.9 Å². The zero-order valence-corrected chi connectivity index (χ0v) is 11.3. The van der Waals surface area contributed by atoms with E-state index in [0.717, 1.165) is 16.5 Å². The Kier molecular flexibility index (Phi) is 2.77. The summed E-state index contributed by atoms with van der Waals surface area (Å²) < 4.78 is 3.04. The molecule has 20 heavy (non-hydrogen) atoms. The Morgan fingerprint density at radius 1 is 1.30 bits per heavy atom. The third-order valence-corrected chi connectivity index (χ3v) is 3.83. The van der Waals surface area contributed by atoms with Crippen LogP contribution in [0.3, 0.4) is 0 Å². The molecule has 2 heterocycles. The molecule has 1 fully saturated rings. The van der Waals surface area contributed by atoms with E-state index in [0.29, 0.717) is 6.42 Å². The number of aromatic nitrogens is 2. The Morgan fingerprint density at radius 2 is 2.05 bits per heavy atom. The van der Waals surface area contributed by atoms with Crippen LogP contribution in [0.5, 0.6) is 0 Å². The van der Waals surface area contributed by atoms with Gasteiger partial charge >= 0.3 is 5.69 Å². The standard InChI is InChI=1S/C13H14BN3O3/c1-16-11-7(14)3-2-4-8(11)17(13(16)20)9-5-6-10(18)15-12(9)19/h2-4,9H,5-6,14H2,1H3,(H,15,18,19). The van der Waals surface area contributed by atoms with Gasteiger partial charge in [0.1, 0.15) is 13.9 Å². The predicted octanol–water partition coefficient (Wildman–Crippen LogP) is -1.42. The van der Waals surface area contributed by atoms with Crippen molar-refractivity contribution in [3.63, 3.8) is 0 Å². The number of imide groups is 1. The van der Waals surface area contributed by atoms with Gasteiger partial charge in [0.2, 0.25) is 11.8 Å². The first-order chi connectivity index (χ1) is 9.50. The number of carbonyl (C=O) groups is 2. The van der Waals surface area contributed by atoms with Crippen molar-refractivity contribution in [3.05, 3.63) is 28.7 Å². The van der Waals surface area contributed by atoms with Gasteiger partial charge in [-0.3, -0.25) is 24.0 Å². The highest BCUT2D eigenvalue weighted by Crippen LogP contribution is 2.21. The van der Waals surface area contributed by atoms with Crippen LogP contribution in [0.2, 0.25) is 0 Å². The van der Waals surface area contributed by atoms with Crippen molar-refractivity contribution < 1.29 is 9.59 Å². The van der Waals surface area contributed by atoms with E-state index in [9.17, 15) is 14.4 Å². The lowest BCUT2D eigenvalue weighted by Gasteiger charge is -2.21. The molecule has 1 aromatic heterocycles. The number of hydrogen-bond donors (Lipinski definition) is 1. The number of rotatable bonds is 1. The molecule has 1 unspecified atom stereocenters. The van der Waals surface area contributed by atoms with Crippen molar-refractivity contribution in [1.29, 1.82) is 0 Å². The van der Waals surface area contributed by atoms with Gasteiger partial charge in [-0.15, -0.1) is 0 Å². The van der Waals surface area contributed by atoms with Gasteiger partial charge in [-0.05, 0) is 12.5 Å². The van der Waals surface area contributed by atoms with Crippen LogP contribution < -0.4 is 16.5 Å². The van der Waals surface area contributed by atoms with Gasteiger partial charge in [-0.25, -0.2) is 4.79 Å². The normalized spacial score (nSPS) is 19.4. The maximum Gasteiger partial charge on any atom is 0.329 e. The van der Waals surface area contributed by atoms with Crippen LogP contribution in [0.1, 0.15) is 18.9 Å².